The summed E-state index contributed by atoms with van der Waals surface area (Å²) in [6, 6.07) is 0. The first-order valence-corrected chi connectivity index (χ1v) is 10.6. The number of carbonyl (C=O) groups excluding carboxylic acids is 4. The van der Waals surface area contributed by atoms with Crippen LogP contribution in [0, 0.1) is 47.6 Å². The van der Waals surface area contributed by atoms with Crippen molar-refractivity contribution < 1.29 is 49.9 Å². The lowest BCUT2D eigenvalue weighted by atomic mass is 9.80. The Kier molecular flexibility index (Phi) is 3.85. The highest BCUT2D eigenvalue weighted by molar-refractivity contribution is 6.42. The van der Waals surface area contributed by atoms with E-state index >= 15 is 30.7 Å². The summed E-state index contributed by atoms with van der Waals surface area (Å²) in [7, 11) is 0. The molecule has 2 aliphatic rings. The van der Waals surface area contributed by atoms with Crippen molar-refractivity contribution in [1.82, 2.24) is 10.6 Å². The second kappa shape index (κ2) is 6.54. The molecule has 0 spiro atoms. The smallest absolute Gasteiger partial charge is 0.261 e. The average Bonchev–Trinajstić information content (AvgIpc) is 2.85. The number of halogens is 7. The fourth-order valence-electron chi connectivity index (χ4n) is 5.73. The molecule has 13 heteroatoms. The molecule has 2 aliphatic heterocycles. The Morgan fingerprint density at radius 1 is 0.368 bits per heavy atom. The Labute approximate surface area is 203 Å². The van der Waals surface area contributed by atoms with Crippen molar-refractivity contribution in [3.8, 4) is 0 Å². The highest BCUT2D eigenvalue weighted by atomic mass is 19.2. The number of carbonyl (C=O) groups is 4. The van der Waals surface area contributed by atoms with Gasteiger partial charge in [0, 0.05) is 43.1 Å². The van der Waals surface area contributed by atoms with Crippen molar-refractivity contribution in [2.45, 2.75) is 6.92 Å². The molecule has 38 heavy (non-hydrogen) atoms. The number of hydrogen-bond acceptors (Lipinski definition) is 4. The van der Waals surface area contributed by atoms with Gasteiger partial charge in [0.2, 0.25) is 0 Å². The van der Waals surface area contributed by atoms with E-state index in [-0.39, 0.29) is 0 Å². The lowest BCUT2D eigenvalue weighted by Gasteiger charge is -2.26. The van der Waals surface area contributed by atoms with Crippen LogP contribution in [0.15, 0.2) is 0 Å². The molecule has 5 aromatic rings. The first kappa shape index (κ1) is 22.4. The van der Waals surface area contributed by atoms with Gasteiger partial charge >= 0.3 is 0 Å². The minimum atomic E-state index is -2.02. The second-order valence-electron chi connectivity index (χ2n) is 8.89. The quantitative estimate of drug-likeness (QED) is 0.130. The molecule has 7 rings (SSSR count). The van der Waals surface area contributed by atoms with Crippen LogP contribution in [0.25, 0.3) is 43.1 Å². The number of nitrogens with one attached hydrogen (secondary N) is 2. The van der Waals surface area contributed by atoms with Gasteiger partial charge < -0.3 is 0 Å². The Morgan fingerprint density at radius 3 is 1.03 bits per heavy atom. The number of rotatable bonds is 0. The lowest BCUT2D eigenvalue weighted by molar-refractivity contribution is 0.0823. The molecule has 6 nitrogen and oxygen atoms in total. The first-order valence-electron chi connectivity index (χ1n) is 10.6. The van der Waals surface area contributed by atoms with E-state index in [0.29, 0.717) is 0 Å². The zero-order valence-electron chi connectivity index (χ0n) is 18.3. The number of imide groups is 2. The van der Waals surface area contributed by atoms with E-state index < -0.39 is 135 Å². The predicted molar refractivity (Wildman–Crippen MR) is 116 cm³/mol. The van der Waals surface area contributed by atoms with Crippen LogP contribution in [-0.2, 0) is 0 Å². The van der Waals surface area contributed by atoms with Crippen molar-refractivity contribution in [1.29, 1.82) is 0 Å². The minimum absolute atomic E-state index is 0.583. The fraction of sp³-hybridized carbons (Fsp3) is 0.0400. The molecule has 0 saturated carbocycles. The number of fused-ring (bicyclic) bond motifs is 2. The maximum Gasteiger partial charge on any atom is 0.261 e. The maximum atomic E-state index is 15.9. The molecule has 0 aromatic heterocycles. The molecule has 2 heterocycles. The topological polar surface area (TPSA) is 92.3 Å². The summed E-state index contributed by atoms with van der Waals surface area (Å²) in [5, 5.41) is -4.87. The standard InChI is InChI=1S/C25H5F7N2O4/c1-2-3-4-5-8(15(2)26)9-6-7-13(20(31)16(9)27)24(37)34-25(38)14(7)21(32)18(29)11(6)10(5)17(28)19(30)12(4)23(36)33-22(3)35/h1H3,(H,33,35,36)(H,34,37,38). The van der Waals surface area contributed by atoms with Crippen LogP contribution in [0.1, 0.15) is 47.0 Å². The SMILES string of the molecule is Cc1c2c3c(c(F)c(F)c4c5c(F)c(F)c6c7c(c(F)c(F)c(c(c1F)c34)c75)C(=O)NC6=O)C(=O)NC2=O. The van der Waals surface area contributed by atoms with Gasteiger partial charge in [0.25, 0.3) is 23.6 Å². The summed E-state index contributed by atoms with van der Waals surface area (Å²) >= 11 is 0. The molecule has 0 unspecified atom stereocenters. The van der Waals surface area contributed by atoms with Crippen LogP contribution in [0.2, 0.25) is 0 Å². The van der Waals surface area contributed by atoms with Crippen molar-refractivity contribution >= 4 is 66.7 Å². The normalized spacial score (nSPS) is 14.9. The Bertz CT molecular complexity index is 1850. The second-order valence-corrected chi connectivity index (χ2v) is 8.89. The monoisotopic (exact) mass is 530 g/mol. The van der Waals surface area contributed by atoms with Gasteiger partial charge in [-0.15, -0.1) is 0 Å². The third-order valence-corrected chi connectivity index (χ3v) is 7.18. The lowest BCUT2D eigenvalue weighted by Crippen LogP contribution is -2.37. The van der Waals surface area contributed by atoms with Gasteiger partial charge in [0.1, 0.15) is 5.82 Å². The van der Waals surface area contributed by atoms with Gasteiger partial charge in [-0.2, -0.15) is 0 Å². The molecule has 188 valence electrons. The van der Waals surface area contributed by atoms with Crippen LogP contribution in [0.5, 0.6) is 0 Å². The van der Waals surface area contributed by atoms with E-state index in [1.807, 2.05) is 0 Å². The Balaban J connectivity index is 2.01. The third kappa shape index (κ3) is 2.14. The van der Waals surface area contributed by atoms with Crippen LogP contribution in [0.3, 0.4) is 0 Å². The van der Waals surface area contributed by atoms with E-state index in [1.54, 1.807) is 10.6 Å². The fourth-order valence-corrected chi connectivity index (χ4v) is 5.73. The molecule has 0 atom stereocenters. The minimum Gasteiger partial charge on any atom is -0.288 e. The van der Waals surface area contributed by atoms with Gasteiger partial charge in [0.05, 0.1) is 22.3 Å². The number of benzene rings is 5. The molecular formula is C25H5F7N2O4. The molecule has 5 aromatic carbocycles. The average molecular weight is 530 g/mol. The van der Waals surface area contributed by atoms with Crippen molar-refractivity contribution in [2.24, 2.45) is 0 Å². The van der Waals surface area contributed by atoms with Crippen molar-refractivity contribution in [3.05, 3.63) is 68.5 Å². The summed E-state index contributed by atoms with van der Waals surface area (Å²) in [5.74, 6) is -19.1. The van der Waals surface area contributed by atoms with Gasteiger partial charge in [-0.1, -0.05) is 0 Å². The molecule has 0 saturated heterocycles. The van der Waals surface area contributed by atoms with E-state index in [0.717, 1.165) is 6.92 Å². The van der Waals surface area contributed by atoms with E-state index in [9.17, 15) is 19.2 Å². The number of amides is 4. The van der Waals surface area contributed by atoms with Gasteiger partial charge in [-0.05, 0) is 12.5 Å². The summed E-state index contributed by atoms with van der Waals surface area (Å²) in [4.78, 5) is 49.9. The first-order chi connectivity index (χ1) is 17.9. The Hall–Kier alpha value is -4.81. The zero-order valence-corrected chi connectivity index (χ0v) is 18.3. The molecule has 2 N–H and O–H groups in total. The highest BCUT2D eigenvalue weighted by Crippen LogP contribution is 2.51. The van der Waals surface area contributed by atoms with Gasteiger partial charge in [-0.3, -0.25) is 29.8 Å². The van der Waals surface area contributed by atoms with E-state index in [1.165, 1.54) is 0 Å². The van der Waals surface area contributed by atoms with Crippen molar-refractivity contribution in [3.63, 3.8) is 0 Å². The van der Waals surface area contributed by atoms with Crippen LogP contribution < -0.4 is 10.6 Å². The Morgan fingerprint density at radius 2 is 0.658 bits per heavy atom. The zero-order chi connectivity index (χ0) is 27.3. The van der Waals surface area contributed by atoms with Gasteiger partial charge in [0.15, 0.2) is 34.9 Å². The molecule has 0 fully saturated rings. The maximum absolute atomic E-state index is 15.9. The molecular weight excluding hydrogens is 525 g/mol. The van der Waals surface area contributed by atoms with E-state index in [2.05, 4.69) is 0 Å². The summed E-state index contributed by atoms with van der Waals surface area (Å²) in [5.41, 5.74) is -4.82. The van der Waals surface area contributed by atoms with Gasteiger partial charge in [-0.25, -0.2) is 30.7 Å². The molecule has 0 radical (unpaired) electrons. The van der Waals surface area contributed by atoms with E-state index in [4.69, 9.17) is 0 Å². The largest absolute Gasteiger partial charge is 0.288 e. The molecule has 0 aliphatic carbocycles. The highest BCUT2D eigenvalue weighted by Gasteiger charge is 2.41. The molecule has 0 bridgehead atoms. The summed E-state index contributed by atoms with van der Waals surface area (Å²) < 4.78 is 109. The summed E-state index contributed by atoms with van der Waals surface area (Å²) in [6.07, 6.45) is 0. The summed E-state index contributed by atoms with van der Waals surface area (Å²) in [6.45, 7) is 0.993. The van der Waals surface area contributed by atoms with Crippen LogP contribution in [0.4, 0.5) is 30.7 Å². The number of hydrogen-bond donors (Lipinski definition) is 2. The molecule has 4 amide bonds. The van der Waals surface area contributed by atoms with Crippen LogP contribution in [-0.4, -0.2) is 23.6 Å². The van der Waals surface area contributed by atoms with Crippen molar-refractivity contribution in [2.75, 3.05) is 0 Å². The third-order valence-electron chi connectivity index (χ3n) is 7.18. The predicted octanol–water partition coefficient (Wildman–Crippen LogP) is 4.79. The van der Waals surface area contributed by atoms with Crippen LogP contribution >= 0.6 is 0 Å².